The predicted molar refractivity (Wildman–Crippen MR) is 213 cm³/mol. The van der Waals surface area contributed by atoms with E-state index in [2.05, 4.69) is 183 Å². The van der Waals surface area contributed by atoms with Crippen molar-refractivity contribution in [2.75, 3.05) is 0 Å². The average Bonchev–Trinajstić information content (AvgIpc) is 3.79. The number of nitrogens with zero attached hydrogens (tertiary/aromatic N) is 8. The van der Waals surface area contributed by atoms with E-state index in [1.807, 2.05) is 36.4 Å². The number of aromatic nitrogens is 8. The fourth-order valence-corrected chi connectivity index (χ4v) is 3.71. The van der Waals surface area contributed by atoms with Crippen LogP contribution in [0.25, 0.3) is 0 Å². The Bertz CT molecular complexity index is 1310. The molecule has 0 saturated carbocycles. The molecule has 5 aromatic heterocycles. The van der Waals surface area contributed by atoms with Gasteiger partial charge in [0.15, 0.2) is 0 Å². The van der Waals surface area contributed by atoms with Crippen LogP contribution < -0.4 is 15.3 Å². The molecule has 0 aliphatic rings. The Morgan fingerprint density at radius 1 is 0.327 bits per heavy atom. The molecule has 0 saturated heterocycles. The van der Waals surface area contributed by atoms with Gasteiger partial charge in [-0.3, -0.25) is 9.97 Å². The Labute approximate surface area is 346 Å². The van der Waals surface area contributed by atoms with Crippen molar-refractivity contribution in [1.82, 2.24) is 40.6 Å². The molecule has 9 heteroatoms. The summed E-state index contributed by atoms with van der Waals surface area (Å²) in [5.41, 5.74) is 7.13. The first-order valence-corrected chi connectivity index (χ1v) is 17.9. The number of hydrogen-bond donors (Lipinski definition) is 0. The molecule has 0 amide bonds. The molecule has 5 rings (SSSR count). The average molecular weight is 863 g/mol. The Kier molecular flexibility index (Phi) is 19.5. The fraction of sp³-hybridized carbons (Fsp3) is 0.558. The third-order valence-electron chi connectivity index (χ3n) is 7.36. The largest absolute Gasteiger partial charge is 3.00 e. The van der Waals surface area contributed by atoms with Crippen LogP contribution in [0.2, 0.25) is 0 Å². The predicted octanol–water partition coefficient (Wildman–Crippen LogP) is 10.1. The molecule has 0 atom stereocenters. The van der Waals surface area contributed by atoms with E-state index >= 15 is 0 Å². The smallest absolute Gasteiger partial charge is 0.578 e. The maximum atomic E-state index is 4.20. The second kappa shape index (κ2) is 20.6. The Balaban J connectivity index is 0.000000643. The van der Waals surface area contributed by atoms with Gasteiger partial charge in [-0.25, -0.2) is 0 Å². The summed E-state index contributed by atoms with van der Waals surface area (Å²) < 4.78 is 0. The van der Waals surface area contributed by atoms with Crippen molar-refractivity contribution in [2.45, 2.75) is 157 Å². The normalized spacial score (nSPS) is 11.9. The van der Waals surface area contributed by atoms with Crippen LogP contribution in [0.15, 0.2) is 79.4 Å². The van der Waals surface area contributed by atoms with E-state index < -0.39 is 0 Å². The SMILES string of the molecule is CC(C)(C)c1cc(C(C)(C)C)[n-]n1.CC(C)(C)c1cc(C(C)(C)C)[n-]n1.CC(C)(C)c1cc(C(C)(C)C)[n-]n1.[Er+3].c1ccncc1.c1ccncc1. The van der Waals surface area contributed by atoms with Gasteiger partial charge in [-0.15, -0.1) is 17.1 Å². The maximum absolute atomic E-state index is 4.20. The van der Waals surface area contributed by atoms with E-state index in [1.54, 1.807) is 24.8 Å². The molecule has 8 nitrogen and oxygen atoms in total. The summed E-state index contributed by atoms with van der Waals surface area (Å²) >= 11 is 0. The molecular weight excluding hydrogens is 796 g/mol. The minimum absolute atomic E-state index is 0. The van der Waals surface area contributed by atoms with Crippen LogP contribution in [0.3, 0.4) is 0 Å². The summed E-state index contributed by atoms with van der Waals surface area (Å²) in [7, 11) is 0. The summed E-state index contributed by atoms with van der Waals surface area (Å²) in [6.07, 6.45) is 7.00. The quantitative estimate of drug-likeness (QED) is 0.152. The van der Waals surface area contributed by atoms with Gasteiger partial charge in [0.2, 0.25) is 0 Å². The van der Waals surface area contributed by atoms with Crippen molar-refractivity contribution in [3.05, 3.63) is 114 Å². The van der Waals surface area contributed by atoms with Crippen LogP contribution in [0.4, 0.5) is 0 Å². The van der Waals surface area contributed by atoms with Crippen LogP contribution in [0.5, 0.6) is 0 Å². The number of pyridine rings is 2. The van der Waals surface area contributed by atoms with Gasteiger partial charge in [0.25, 0.3) is 0 Å². The summed E-state index contributed by atoms with van der Waals surface area (Å²) in [5, 5.41) is 25.2. The molecule has 5 heterocycles. The van der Waals surface area contributed by atoms with Crippen LogP contribution in [0, 0.1) is 37.3 Å². The zero-order valence-electron chi connectivity index (χ0n) is 35.4. The van der Waals surface area contributed by atoms with Gasteiger partial charge in [-0.05, 0) is 40.5 Å². The van der Waals surface area contributed by atoms with Gasteiger partial charge in [0.1, 0.15) is 0 Å². The van der Waals surface area contributed by atoms with E-state index in [0.717, 1.165) is 34.2 Å². The van der Waals surface area contributed by atoms with Crippen molar-refractivity contribution in [3.8, 4) is 0 Å². The molecule has 5 aromatic rings. The minimum Gasteiger partial charge on any atom is -0.578 e. The van der Waals surface area contributed by atoms with Gasteiger partial charge in [0, 0.05) is 58.1 Å². The molecule has 52 heavy (non-hydrogen) atoms. The number of hydrogen-bond acceptors (Lipinski definition) is 5. The van der Waals surface area contributed by atoms with Crippen molar-refractivity contribution in [3.63, 3.8) is 0 Å². The van der Waals surface area contributed by atoms with Crippen molar-refractivity contribution in [2.24, 2.45) is 0 Å². The van der Waals surface area contributed by atoms with Crippen LogP contribution in [-0.4, -0.2) is 25.3 Å². The topological polar surface area (TPSA) is 107 Å². The van der Waals surface area contributed by atoms with Crippen LogP contribution >= 0.6 is 0 Å². The molecule has 0 spiro atoms. The fourth-order valence-electron chi connectivity index (χ4n) is 3.71. The molecule has 0 N–H and O–H groups in total. The molecule has 1 radical (unpaired) electrons. The summed E-state index contributed by atoms with van der Waals surface area (Å²) in [5.74, 6) is 0. The van der Waals surface area contributed by atoms with Gasteiger partial charge in [-0.1, -0.05) is 155 Å². The summed E-state index contributed by atoms with van der Waals surface area (Å²) in [6, 6.07) is 17.8. The van der Waals surface area contributed by atoms with Crippen molar-refractivity contribution >= 4 is 0 Å². The Morgan fingerprint density at radius 2 is 0.538 bits per heavy atom. The number of rotatable bonds is 0. The first-order valence-electron chi connectivity index (χ1n) is 17.9. The van der Waals surface area contributed by atoms with E-state index in [4.69, 9.17) is 0 Å². The second-order valence-electron chi connectivity index (χ2n) is 18.9. The second-order valence-corrected chi connectivity index (χ2v) is 18.9. The molecule has 291 valence electrons. The van der Waals surface area contributed by atoms with Crippen molar-refractivity contribution in [1.29, 1.82) is 0 Å². The van der Waals surface area contributed by atoms with Gasteiger partial charge in [-0.2, -0.15) is 0 Å². The first kappa shape index (κ1) is 49.2. The van der Waals surface area contributed by atoms with E-state index in [0.29, 0.717) is 0 Å². The molecule has 0 fully saturated rings. The standard InChI is InChI=1S/3C11H19N2.2C5H5N.Er/c3*1-10(2,3)8-7-9(13-12-8)11(4,5)6;2*1-2-4-6-5-3-1;/h3*7H,1-6H3;2*1-5H;/q3*-1;;;+3. The summed E-state index contributed by atoms with van der Waals surface area (Å²) in [4.78, 5) is 7.57. The molecule has 0 aliphatic carbocycles. The van der Waals surface area contributed by atoms with E-state index in [1.165, 1.54) is 0 Å². The summed E-state index contributed by atoms with van der Waals surface area (Å²) in [6.45, 7) is 38.8. The van der Waals surface area contributed by atoms with Gasteiger partial charge >= 0.3 is 37.3 Å². The third kappa shape index (κ3) is 19.3. The van der Waals surface area contributed by atoms with E-state index in [-0.39, 0.29) is 69.8 Å². The zero-order chi connectivity index (χ0) is 39.3. The van der Waals surface area contributed by atoms with E-state index in [9.17, 15) is 0 Å². The molecule has 0 bridgehead atoms. The third-order valence-corrected chi connectivity index (χ3v) is 7.36. The molecule has 0 aliphatic heterocycles. The Hall–Kier alpha value is -2.82. The van der Waals surface area contributed by atoms with Crippen molar-refractivity contribution < 1.29 is 37.3 Å². The molecule has 0 aromatic carbocycles. The van der Waals surface area contributed by atoms with Crippen LogP contribution in [-0.2, 0) is 32.5 Å². The first-order chi connectivity index (χ1) is 23.1. The zero-order valence-corrected chi connectivity index (χ0v) is 37.2. The minimum atomic E-state index is 0. The van der Waals surface area contributed by atoms with Crippen LogP contribution in [0.1, 0.15) is 159 Å². The van der Waals surface area contributed by atoms with Gasteiger partial charge < -0.3 is 30.6 Å². The monoisotopic (exact) mass is 861 g/mol. The molecule has 0 unspecified atom stereocenters. The van der Waals surface area contributed by atoms with Gasteiger partial charge in [0.05, 0.1) is 0 Å². The maximum Gasteiger partial charge on any atom is 3.00 e. The molecular formula is C43H67ErN8. The Morgan fingerprint density at radius 3 is 0.615 bits per heavy atom.